The Balaban J connectivity index is 2.14. The Morgan fingerprint density at radius 3 is 2.25 bits per heavy atom. The van der Waals surface area contributed by atoms with Gasteiger partial charge in [-0.25, -0.2) is 0 Å². The predicted octanol–water partition coefficient (Wildman–Crippen LogP) is 4.52. The van der Waals surface area contributed by atoms with Crippen LogP contribution in [0.3, 0.4) is 0 Å². The Morgan fingerprint density at radius 1 is 1.03 bits per heavy atom. The number of hydrogen-bond acceptors (Lipinski definition) is 4. The summed E-state index contributed by atoms with van der Waals surface area (Å²) in [6.45, 7) is 5.01. The van der Waals surface area contributed by atoms with Gasteiger partial charge in [-0.15, -0.1) is 0 Å². The molecule has 0 atom stereocenters. The Morgan fingerprint density at radius 2 is 1.69 bits per heavy atom. The van der Waals surface area contributed by atoms with Crippen molar-refractivity contribution in [1.82, 2.24) is 4.90 Å². The van der Waals surface area contributed by atoms with E-state index in [2.05, 4.69) is 0 Å². The highest BCUT2D eigenvalue weighted by Crippen LogP contribution is 2.45. The van der Waals surface area contributed by atoms with Crippen LogP contribution in [0.1, 0.15) is 40.9 Å². The van der Waals surface area contributed by atoms with Crippen LogP contribution in [0, 0.1) is 0 Å². The van der Waals surface area contributed by atoms with E-state index >= 15 is 0 Å². The van der Waals surface area contributed by atoms with Gasteiger partial charge in [0, 0.05) is 18.7 Å². The summed E-state index contributed by atoms with van der Waals surface area (Å²) in [5.74, 6) is -1.79. The molecule has 0 fully saturated rings. The summed E-state index contributed by atoms with van der Waals surface area (Å²) in [4.78, 5) is 29.3. The maximum Gasteiger partial charge on any atom is 0.418 e. The van der Waals surface area contributed by atoms with Crippen molar-refractivity contribution in [3.05, 3.63) is 58.7 Å². The highest BCUT2D eigenvalue weighted by Gasteiger charge is 2.42. The van der Waals surface area contributed by atoms with Crippen LogP contribution in [0.5, 0.6) is 0 Å². The maximum absolute atomic E-state index is 14.2. The molecule has 1 heterocycles. The lowest BCUT2D eigenvalue weighted by Crippen LogP contribution is -2.48. The van der Waals surface area contributed by atoms with Crippen molar-refractivity contribution in [2.45, 2.75) is 32.7 Å². The smallest absolute Gasteiger partial charge is 0.366 e. The Hall–Kier alpha value is -3.28. The van der Waals surface area contributed by atoms with E-state index in [9.17, 15) is 35.9 Å². The molecule has 0 saturated carbocycles. The number of likely N-dealkylation sites (N-methyl/N-ethyl adjacent to an activating group) is 1. The normalized spacial score (nSPS) is 14.4. The molecule has 0 aromatic heterocycles. The fourth-order valence-corrected chi connectivity index (χ4v) is 4.16. The van der Waals surface area contributed by atoms with Gasteiger partial charge in [-0.05, 0) is 42.9 Å². The molecule has 36 heavy (non-hydrogen) atoms. The number of halogens is 6. The molecule has 0 radical (unpaired) electrons. The number of carbonyl (C=O) groups is 2. The fourth-order valence-electron chi connectivity index (χ4n) is 4.16. The number of primary amides is 1. The van der Waals surface area contributed by atoms with Crippen LogP contribution in [0.4, 0.5) is 37.7 Å². The molecular weight excluding hydrogens is 490 g/mol. The average molecular weight is 516 g/mol. The molecule has 0 saturated heterocycles. The topological polar surface area (TPSA) is 69.9 Å². The third-order valence-electron chi connectivity index (χ3n) is 6.09. The van der Waals surface area contributed by atoms with Crippen molar-refractivity contribution in [3.8, 4) is 0 Å². The lowest BCUT2D eigenvalue weighted by atomic mass is 10.00. The average Bonchev–Trinajstić information content (AvgIpc) is 2.80. The number of amides is 2. The fraction of sp³-hybridized carbons (Fsp3) is 0.417. The first kappa shape index (κ1) is 27.3. The minimum atomic E-state index is -4.97. The second kappa shape index (κ2) is 10.4. The van der Waals surface area contributed by atoms with Crippen LogP contribution in [0.2, 0.25) is 0 Å². The standard InChI is InChI=1S/C24H26F6N4O2/c1-3-32(4-2)8-9-33-14-20(35)34(13-15-6-5-7-17(10-15)23(25,26)27)21-18(24(28,29)30)11-16(22(31)36)12-19(21)33/h5-7,10-12H,3-4,8-9,13-14H2,1-2H3,(H2,31,36). The van der Waals surface area contributed by atoms with E-state index in [4.69, 9.17) is 5.73 Å². The van der Waals surface area contributed by atoms with Crippen LogP contribution in [0.25, 0.3) is 0 Å². The van der Waals surface area contributed by atoms with E-state index in [1.165, 1.54) is 17.0 Å². The number of carbonyl (C=O) groups excluding carboxylic acids is 2. The molecule has 0 aliphatic carbocycles. The van der Waals surface area contributed by atoms with Gasteiger partial charge in [-0.3, -0.25) is 9.59 Å². The number of alkyl halides is 6. The Bertz CT molecular complexity index is 1130. The minimum Gasteiger partial charge on any atom is -0.366 e. The van der Waals surface area contributed by atoms with E-state index in [1.54, 1.807) is 0 Å². The summed E-state index contributed by atoms with van der Waals surface area (Å²) in [6.07, 6.45) is -9.63. The monoisotopic (exact) mass is 516 g/mol. The molecule has 3 rings (SSSR count). The van der Waals surface area contributed by atoms with Gasteiger partial charge in [0.1, 0.15) is 0 Å². The number of benzene rings is 2. The number of nitrogens with zero attached hydrogens (tertiary/aromatic N) is 3. The summed E-state index contributed by atoms with van der Waals surface area (Å²) < 4.78 is 82.0. The highest BCUT2D eigenvalue weighted by atomic mass is 19.4. The zero-order valence-electron chi connectivity index (χ0n) is 19.7. The van der Waals surface area contributed by atoms with Crippen LogP contribution in [-0.4, -0.2) is 49.4 Å². The molecule has 0 bridgehead atoms. The molecule has 2 aromatic carbocycles. The number of hydrogen-bond donors (Lipinski definition) is 1. The van der Waals surface area contributed by atoms with Gasteiger partial charge in [0.25, 0.3) is 0 Å². The summed E-state index contributed by atoms with van der Waals surface area (Å²) in [5, 5.41) is 0. The predicted molar refractivity (Wildman–Crippen MR) is 123 cm³/mol. The molecule has 2 amide bonds. The van der Waals surface area contributed by atoms with Crippen molar-refractivity contribution in [1.29, 1.82) is 0 Å². The van der Waals surface area contributed by atoms with E-state index < -0.39 is 47.5 Å². The van der Waals surface area contributed by atoms with Gasteiger partial charge in [-0.1, -0.05) is 26.0 Å². The second-order valence-corrected chi connectivity index (χ2v) is 8.38. The van der Waals surface area contributed by atoms with Gasteiger partial charge in [-0.2, -0.15) is 26.3 Å². The SMILES string of the molecule is CCN(CC)CCN1CC(=O)N(Cc2cccc(C(F)(F)F)c2)c2c1cc(C(N)=O)cc2C(F)(F)F. The van der Waals surface area contributed by atoms with Crippen molar-refractivity contribution < 1.29 is 35.9 Å². The lowest BCUT2D eigenvalue weighted by molar-refractivity contribution is -0.138. The quantitative estimate of drug-likeness (QED) is 0.524. The van der Waals surface area contributed by atoms with Crippen LogP contribution < -0.4 is 15.5 Å². The lowest BCUT2D eigenvalue weighted by Gasteiger charge is -2.40. The maximum atomic E-state index is 14.2. The molecule has 12 heteroatoms. The van der Waals surface area contributed by atoms with E-state index in [0.717, 1.165) is 23.1 Å². The van der Waals surface area contributed by atoms with Gasteiger partial charge >= 0.3 is 12.4 Å². The van der Waals surface area contributed by atoms with Gasteiger partial charge < -0.3 is 20.4 Å². The van der Waals surface area contributed by atoms with E-state index in [1.807, 2.05) is 18.7 Å². The summed E-state index contributed by atoms with van der Waals surface area (Å²) >= 11 is 0. The molecule has 0 unspecified atom stereocenters. The van der Waals surface area contributed by atoms with Crippen LogP contribution >= 0.6 is 0 Å². The molecule has 2 aromatic rings. The van der Waals surface area contributed by atoms with Crippen molar-refractivity contribution in [2.75, 3.05) is 42.5 Å². The zero-order chi connectivity index (χ0) is 26.8. The van der Waals surface area contributed by atoms with Gasteiger partial charge in [0.05, 0.1) is 35.6 Å². The molecule has 1 aliphatic rings. The van der Waals surface area contributed by atoms with Crippen LogP contribution in [-0.2, 0) is 23.7 Å². The first-order valence-electron chi connectivity index (χ1n) is 11.2. The molecule has 6 nitrogen and oxygen atoms in total. The molecule has 1 aliphatic heterocycles. The molecule has 0 spiro atoms. The van der Waals surface area contributed by atoms with Gasteiger partial charge in [0.15, 0.2) is 0 Å². The molecule has 2 N–H and O–H groups in total. The second-order valence-electron chi connectivity index (χ2n) is 8.38. The largest absolute Gasteiger partial charge is 0.418 e. The summed E-state index contributed by atoms with van der Waals surface area (Å²) in [5.41, 5.74) is 2.13. The van der Waals surface area contributed by atoms with E-state index in [-0.39, 0.29) is 29.9 Å². The minimum absolute atomic E-state index is 0.00724. The van der Waals surface area contributed by atoms with E-state index in [0.29, 0.717) is 25.7 Å². The van der Waals surface area contributed by atoms with Crippen LogP contribution in [0.15, 0.2) is 36.4 Å². The number of nitrogens with two attached hydrogens (primary N) is 1. The number of fused-ring (bicyclic) bond motifs is 1. The number of anilines is 2. The summed E-state index contributed by atoms with van der Waals surface area (Å²) in [7, 11) is 0. The van der Waals surface area contributed by atoms with Gasteiger partial charge in [0.2, 0.25) is 11.8 Å². The third kappa shape index (κ3) is 5.92. The molecule has 196 valence electrons. The molecular formula is C24H26F6N4O2. The van der Waals surface area contributed by atoms with Crippen molar-refractivity contribution >= 4 is 23.2 Å². The highest BCUT2D eigenvalue weighted by molar-refractivity contribution is 6.06. The van der Waals surface area contributed by atoms with Crippen molar-refractivity contribution in [3.63, 3.8) is 0 Å². The first-order chi connectivity index (χ1) is 16.8. The first-order valence-corrected chi connectivity index (χ1v) is 11.2. The third-order valence-corrected chi connectivity index (χ3v) is 6.09. The van der Waals surface area contributed by atoms with Crippen molar-refractivity contribution in [2.24, 2.45) is 5.73 Å². The number of rotatable bonds is 8. The summed E-state index contributed by atoms with van der Waals surface area (Å²) in [6, 6.07) is 5.84. The Labute approximate surface area is 204 Å². The Kier molecular flexibility index (Phi) is 7.87. The zero-order valence-corrected chi connectivity index (χ0v) is 19.7.